The Morgan fingerprint density at radius 3 is 1.84 bits per heavy atom. The van der Waals surface area contributed by atoms with Crippen molar-refractivity contribution in [2.75, 3.05) is 4.90 Å². The average molecular weight is 782 g/mol. The Balaban J connectivity index is 1.06. The number of fused-ring (bicyclic) bond motifs is 14. The van der Waals surface area contributed by atoms with Crippen LogP contribution in [-0.4, -0.2) is 0 Å². The number of hydrogen-bond donors (Lipinski definition) is 0. The number of rotatable bonds is 5. The van der Waals surface area contributed by atoms with Crippen molar-refractivity contribution in [3.63, 3.8) is 0 Å². The molecule has 4 aliphatic rings. The smallest absolute Gasteiger partial charge is 0.0540 e. The number of para-hydroxylation sites is 2. The molecule has 0 aromatic heterocycles. The highest BCUT2D eigenvalue weighted by molar-refractivity contribution is 6.09. The zero-order chi connectivity index (χ0) is 40.5. The third kappa shape index (κ3) is 4.89. The molecule has 1 nitrogen and oxygen atoms in total. The van der Waals surface area contributed by atoms with E-state index in [1.165, 1.54) is 125 Å². The standard InChI is InChI=1S/C60H47N/c1-59(2)53-22-9-5-18-48(53)51-20-13-21-52(58(51)59)50-19-8-12-25-57(50)61(43-31-33-49-47-17-6-10-23-54(47)60(55(49)36-43)37-38-26-30-42(60)34-38)56-24-11-7-16-46(56)41-29-32-45-40(35-41)28-27-39-14-3-4-15-44(39)45/h3-25,27-29,31-33,35-36,38,42H,26,30,34,37H2,1-2H3. The van der Waals surface area contributed by atoms with Crippen LogP contribution in [0.4, 0.5) is 17.1 Å². The summed E-state index contributed by atoms with van der Waals surface area (Å²) in [7, 11) is 0. The van der Waals surface area contributed by atoms with E-state index in [1.807, 2.05) is 0 Å². The lowest BCUT2D eigenvalue weighted by Crippen LogP contribution is -2.32. The molecule has 0 aliphatic heterocycles. The van der Waals surface area contributed by atoms with Crippen LogP contribution < -0.4 is 4.90 Å². The van der Waals surface area contributed by atoms with Gasteiger partial charge in [-0.25, -0.2) is 0 Å². The van der Waals surface area contributed by atoms with Crippen molar-refractivity contribution in [1.29, 1.82) is 0 Å². The van der Waals surface area contributed by atoms with Crippen LogP contribution in [-0.2, 0) is 10.8 Å². The highest BCUT2D eigenvalue weighted by Crippen LogP contribution is 2.66. The summed E-state index contributed by atoms with van der Waals surface area (Å²) in [4.78, 5) is 2.61. The molecule has 9 aromatic carbocycles. The second-order valence-corrected chi connectivity index (χ2v) is 18.8. The fraction of sp³-hybridized carbons (Fsp3) is 0.167. The van der Waals surface area contributed by atoms with E-state index < -0.39 is 0 Å². The van der Waals surface area contributed by atoms with Gasteiger partial charge in [0.15, 0.2) is 0 Å². The molecular weight excluding hydrogens is 735 g/mol. The molecule has 13 rings (SSSR count). The molecule has 0 heterocycles. The van der Waals surface area contributed by atoms with Crippen molar-refractivity contribution in [1.82, 2.24) is 0 Å². The summed E-state index contributed by atoms with van der Waals surface area (Å²) in [5, 5.41) is 5.12. The van der Waals surface area contributed by atoms with E-state index in [2.05, 4.69) is 207 Å². The third-order valence-electron chi connectivity index (χ3n) is 15.5. The van der Waals surface area contributed by atoms with Gasteiger partial charge in [0.05, 0.1) is 11.4 Å². The zero-order valence-electron chi connectivity index (χ0n) is 34.8. The molecule has 2 saturated carbocycles. The first kappa shape index (κ1) is 35.1. The van der Waals surface area contributed by atoms with E-state index in [4.69, 9.17) is 0 Å². The van der Waals surface area contributed by atoms with E-state index in [0.717, 1.165) is 5.92 Å². The van der Waals surface area contributed by atoms with Crippen LogP contribution in [0.3, 0.4) is 0 Å². The van der Waals surface area contributed by atoms with Crippen molar-refractivity contribution >= 4 is 38.6 Å². The zero-order valence-corrected chi connectivity index (χ0v) is 34.8. The van der Waals surface area contributed by atoms with Crippen molar-refractivity contribution in [3.8, 4) is 44.5 Å². The minimum absolute atomic E-state index is 0.0761. The summed E-state index contributed by atoms with van der Waals surface area (Å²) in [6, 6.07) is 71.5. The largest absolute Gasteiger partial charge is 0.309 e. The topological polar surface area (TPSA) is 3.24 Å². The second-order valence-electron chi connectivity index (χ2n) is 18.8. The first-order chi connectivity index (χ1) is 30.0. The highest BCUT2D eigenvalue weighted by atomic mass is 15.1. The van der Waals surface area contributed by atoms with Crippen LogP contribution in [0, 0.1) is 11.8 Å². The summed E-state index contributed by atoms with van der Waals surface area (Å²) in [6.45, 7) is 4.82. The first-order valence-corrected chi connectivity index (χ1v) is 22.4. The Morgan fingerprint density at radius 1 is 0.443 bits per heavy atom. The molecule has 1 heteroatoms. The van der Waals surface area contributed by atoms with Crippen LogP contribution >= 0.6 is 0 Å². The molecule has 2 fully saturated rings. The van der Waals surface area contributed by atoms with Gasteiger partial charge < -0.3 is 4.90 Å². The lowest BCUT2D eigenvalue weighted by Gasteiger charge is -2.37. The summed E-state index contributed by atoms with van der Waals surface area (Å²) in [5.74, 6) is 1.50. The van der Waals surface area contributed by atoms with Crippen LogP contribution in [0.15, 0.2) is 188 Å². The number of nitrogens with zero attached hydrogens (tertiary/aromatic N) is 1. The first-order valence-electron chi connectivity index (χ1n) is 22.4. The van der Waals surface area contributed by atoms with E-state index >= 15 is 0 Å². The molecule has 0 N–H and O–H groups in total. The van der Waals surface area contributed by atoms with E-state index in [1.54, 1.807) is 5.56 Å². The lowest BCUT2D eigenvalue weighted by molar-refractivity contribution is 0.327. The van der Waals surface area contributed by atoms with Gasteiger partial charge in [-0.05, 0) is 139 Å². The molecule has 3 unspecified atom stereocenters. The molecular formula is C60H47N. The fourth-order valence-corrected chi connectivity index (χ4v) is 13.0. The van der Waals surface area contributed by atoms with E-state index in [-0.39, 0.29) is 10.8 Å². The van der Waals surface area contributed by atoms with Crippen LogP contribution in [0.1, 0.15) is 61.8 Å². The van der Waals surface area contributed by atoms with Gasteiger partial charge in [0, 0.05) is 27.6 Å². The molecule has 0 radical (unpaired) electrons. The molecule has 1 spiro atoms. The predicted molar refractivity (Wildman–Crippen MR) is 256 cm³/mol. The van der Waals surface area contributed by atoms with Crippen molar-refractivity contribution in [2.24, 2.45) is 11.8 Å². The SMILES string of the molecule is CC1(C)c2ccccc2-c2cccc(-c3ccccc3N(c3ccc4c(c3)C3(CC5CCC3C5)c3ccccc3-4)c3ccccc3-c3ccc4c(ccc5ccccc54)c3)c21. The lowest BCUT2D eigenvalue weighted by atomic mass is 9.67. The number of anilines is 3. The Kier molecular flexibility index (Phi) is 7.42. The Bertz CT molecular complexity index is 3280. The molecule has 0 saturated heterocycles. The molecule has 2 bridgehead atoms. The van der Waals surface area contributed by atoms with E-state index in [9.17, 15) is 0 Å². The summed E-state index contributed by atoms with van der Waals surface area (Å²) in [6.07, 6.45) is 5.31. The van der Waals surface area contributed by atoms with Gasteiger partial charge >= 0.3 is 0 Å². The van der Waals surface area contributed by atoms with Gasteiger partial charge in [0.1, 0.15) is 0 Å². The molecule has 9 aromatic rings. The Morgan fingerprint density at radius 2 is 1.05 bits per heavy atom. The van der Waals surface area contributed by atoms with Crippen LogP contribution in [0.25, 0.3) is 66.1 Å². The average Bonchev–Trinajstić information content (AvgIpc) is 4.06. The van der Waals surface area contributed by atoms with Gasteiger partial charge in [-0.2, -0.15) is 0 Å². The molecule has 292 valence electrons. The van der Waals surface area contributed by atoms with Gasteiger partial charge in [0.25, 0.3) is 0 Å². The van der Waals surface area contributed by atoms with Crippen molar-refractivity contribution in [2.45, 2.75) is 50.4 Å². The Labute approximate surface area is 359 Å². The number of hydrogen-bond acceptors (Lipinski definition) is 1. The van der Waals surface area contributed by atoms with Crippen LogP contribution in [0.5, 0.6) is 0 Å². The third-order valence-corrected chi connectivity index (χ3v) is 15.5. The maximum atomic E-state index is 2.62. The maximum Gasteiger partial charge on any atom is 0.0540 e. The highest BCUT2D eigenvalue weighted by Gasteiger charge is 2.56. The van der Waals surface area contributed by atoms with E-state index in [0.29, 0.717) is 5.92 Å². The Hall–Kier alpha value is -6.70. The fourth-order valence-electron chi connectivity index (χ4n) is 13.0. The van der Waals surface area contributed by atoms with Crippen LogP contribution in [0.2, 0.25) is 0 Å². The normalized spacial score (nSPS) is 19.9. The van der Waals surface area contributed by atoms with Crippen molar-refractivity contribution < 1.29 is 0 Å². The number of benzene rings is 9. The van der Waals surface area contributed by atoms with Gasteiger partial charge in [0.2, 0.25) is 0 Å². The van der Waals surface area contributed by atoms with Gasteiger partial charge in [-0.1, -0.05) is 178 Å². The van der Waals surface area contributed by atoms with Crippen molar-refractivity contribution in [3.05, 3.63) is 210 Å². The molecule has 0 amide bonds. The summed E-state index contributed by atoms with van der Waals surface area (Å²) in [5.41, 5.74) is 20.0. The van der Waals surface area contributed by atoms with Gasteiger partial charge in [-0.15, -0.1) is 0 Å². The summed E-state index contributed by atoms with van der Waals surface area (Å²) < 4.78 is 0. The minimum Gasteiger partial charge on any atom is -0.309 e. The molecule has 3 atom stereocenters. The monoisotopic (exact) mass is 781 g/mol. The maximum absolute atomic E-state index is 2.62. The molecule has 4 aliphatic carbocycles. The quantitative estimate of drug-likeness (QED) is 0.157. The molecule has 61 heavy (non-hydrogen) atoms. The summed E-state index contributed by atoms with van der Waals surface area (Å²) >= 11 is 0. The second kappa shape index (κ2) is 12.9. The van der Waals surface area contributed by atoms with Gasteiger partial charge in [-0.3, -0.25) is 0 Å². The predicted octanol–water partition coefficient (Wildman–Crippen LogP) is 16.2. The minimum atomic E-state index is -0.152.